The quantitative estimate of drug-likeness (QED) is 0.922. The van der Waals surface area contributed by atoms with E-state index in [1.807, 2.05) is 38.6 Å². The Hall–Kier alpha value is -1.62. The molecular formula is C18H31N5. The number of aromatic nitrogens is 3. The van der Waals surface area contributed by atoms with E-state index in [0.29, 0.717) is 5.82 Å². The molecule has 2 aromatic rings. The van der Waals surface area contributed by atoms with Gasteiger partial charge in [0.1, 0.15) is 17.8 Å². The molecule has 2 N–H and O–H groups in total. The molecule has 1 aliphatic carbocycles. The lowest BCUT2D eigenvalue weighted by molar-refractivity contribution is 0.121. The summed E-state index contributed by atoms with van der Waals surface area (Å²) in [5.74, 6) is 1.64. The molecule has 2 aromatic heterocycles. The highest BCUT2D eigenvalue weighted by Gasteiger charge is 2.23. The molecule has 4 rings (SSSR count). The van der Waals surface area contributed by atoms with Crippen LogP contribution in [-0.2, 0) is 7.05 Å². The zero-order valence-electron chi connectivity index (χ0n) is 15.0. The first-order valence-corrected chi connectivity index (χ1v) is 8.89. The van der Waals surface area contributed by atoms with Crippen molar-refractivity contribution in [2.24, 2.45) is 13.0 Å². The smallest absolute Gasteiger partial charge is 0.145 e. The SMILES string of the molecule is C1CC(CN2CCC2)C1.CC.Cc1cn(C)c2ncnc(N)c12. The van der Waals surface area contributed by atoms with Crippen LogP contribution in [0.5, 0.6) is 0 Å². The standard InChI is InChI=1S/C8H10N4.C8H15N.C2H6/c1-5-3-12(2)8-6(5)7(9)10-4-11-8;1-3-8(4-1)7-9-5-2-6-9;1-2/h3-4H,1-2H3,(H2,9,10,11);8H,1-7H2;1-2H3. The molecule has 2 fully saturated rings. The van der Waals surface area contributed by atoms with Crippen LogP contribution in [0, 0.1) is 12.8 Å². The molecule has 0 aromatic carbocycles. The number of hydrogen-bond acceptors (Lipinski definition) is 4. The first-order chi connectivity index (χ1) is 11.1. The number of hydrogen-bond donors (Lipinski definition) is 1. The molecule has 0 atom stereocenters. The molecule has 23 heavy (non-hydrogen) atoms. The lowest BCUT2D eigenvalue weighted by atomic mass is 9.84. The van der Waals surface area contributed by atoms with Crippen LogP contribution in [0.1, 0.15) is 45.1 Å². The molecule has 0 spiro atoms. The summed E-state index contributed by atoms with van der Waals surface area (Å²) in [5.41, 5.74) is 7.71. The van der Waals surface area contributed by atoms with Crippen molar-refractivity contribution < 1.29 is 0 Å². The minimum Gasteiger partial charge on any atom is -0.383 e. The van der Waals surface area contributed by atoms with E-state index >= 15 is 0 Å². The number of nitrogens with two attached hydrogens (primary N) is 1. The highest BCUT2D eigenvalue weighted by molar-refractivity contribution is 5.89. The van der Waals surface area contributed by atoms with Gasteiger partial charge in [-0.3, -0.25) is 0 Å². The summed E-state index contributed by atoms with van der Waals surface area (Å²) in [6, 6.07) is 0. The van der Waals surface area contributed by atoms with Gasteiger partial charge in [-0.05, 0) is 50.8 Å². The average Bonchev–Trinajstić information content (AvgIpc) is 2.75. The molecule has 5 nitrogen and oxygen atoms in total. The Morgan fingerprint density at radius 3 is 2.35 bits per heavy atom. The third-order valence-electron chi connectivity index (χ3n) is 4.66. The molecule has 1 saturated heterocycles. The van der Waals surface area contributed by atoms with E-state index in [0.717, 1.165) is 22.5 Å². The van der Waals surface area contributed by atoms with Gasteiger partial charge in [0.05, 0.1) is 5.39 Å². The van der Waals surface area contributed by atoms with E-state index in [9.17, 15) is 0 Å². The Morgan fingerprint density at radius 1 is 1.17 bits per heavy atom. The van der Waals surface area contributed by atoms with Crippen LogP contribution >= 0.6 is 0 Å². The summed E-state index contributed by atoms with van der Waals surface area (Å²) in [7, 11) is 1.95. The second kappa shape index (κ2) is 8.29. The number of likely N-dealkylation sites (tertiary alicyclic amines) is 1. The number of fused-ring (bicyclic) bond motifs is 1. The van der Waals surface area contributed by atoms with Gasteiger partial charge in [0.2, 0.25) is 0 Å². The zero-order valence-corrected chi connectivity index (χ0v) is 15.0. The van der Waals surface area contributed by atoms with Crippen molar-refractivity contribution in [2.45, 2.75) is 46.5 Å². The summed E-state index contributed by atoms with van der Waals surface area (Å²) in [5, 5.41) is 0.958. The van der Waals surface area contributed by atoms with Crippen LogP contribution in [0.2, 0.25) is 0 Å². The molecule has 128 valence electrons. The molecule has 0 bridgehead atoms. The molecule has 1 saturated carbocycles. The fourth-order valence-corrected chi connectivity index (χ4v) is 3.06. The molecule has 3 heterocycles. The Bertz CT molecular complexity index is 599. The normalized spacial score (nSPS) is 17.4. The third-order valence-corrected chi connectivity index (χ3v) is 4.66. The topological polar surface area (TPSA) is 60.0 Å². The van der Waals surface area contributed by atoms with Gasteiger partial charge in [0, 0.05) is 19.8 Å². The van der Waals surface area contributed by atoms with Crippen molar-refractivity contribution in [1.29, 1.82) is 0 Å². The van der Waals surface area contributed by atoms with E-state index in [1.165, 1.54) is 51.6 Å². The first kappa shape index (κ1) is 17.7. The number of nitrogen functional groups attached to an aromatic ring is 1. The molecule has 5 heteroatoms. The van der Waals surface area contributed by atoms with Crippen LogP contribution in [0.3, 0.4) is 0 Å². The second-order valence-electron chi connectivity index (χ2n) is 6.33. The number of rotatable bonds is 2. The molecule has 0 amide bonds. The van der Waals surface area contributed by atoms with Crippen LogP contribution in [0.4, 0.5) is 5.82 Å². The fraction of sp³-hybridized carbons (Fsp3) is 0.667. The van der Waals surface area contributed by atoms with Gasteiger partial charge in [0.15, 0.2) is 0 Å². The summed E-state index contributed by atoms with van der Waals surface area (Å²) < 4.78 is 1.95. The van der Waals surface area contributed by atoms with Crippen LogP contribution in [0.15, 0.2) is 12.5 Å². The Balaban J connectivity index is 0.000000155. The largest absolute Gasteiger partial charge is 0.383 e. The van der Waals surface area contributed by atoms with Crippen LogP contribution in [-0.4, -0.2) is 39.1 Å². The lowest BCUT2D eigenvalue weighted by Gasteiger charge is -2.37. The summed E-state index contributed by atoms with van der Waals surface area (Å²) in [6.45, 7) is 10.2. The monoisotopic (exact) mass is 317 g/mol. The Labute approximate surface area is 139 Å². The minimum absolute atomic E-state index is 0.554. The molecule has 1 aliphatic heterocycles. The minimum atomic E-state index is 0.554. The summed E-state index contributed by atoms with van der Waals surface area (Å²) in [6.07, 6.45) is 9.45. The van der Waals surface area contributed by atoms with Crippen LogP contribution in [0.25, 0.3) is 11.0 Å². The average molecular weight is 317 g/mol. The maximum atomic E-state index is 5.71. The predicted molar refractivity (Wildman–Crippen MR) is 97.4 cm³/mol. The molecule has 2 aliphatic rings. The van der Waals surface area contributed by atoms with Crippen molar-refractivity contribution in [2.75, 3.05) is 25.4 Å². The van der Waals surface area contributed by atoms with E-state index in [2.05, 4.69) is 14.9 Å². The molecular weight excluding hydrogens is 286 g/mol. The second-order valence-corrected chi connectivity index (χ2v) is 6.33. The van der Waals surface area contributed by atoms with E-state index in [-0.39, 0.29) is 0 Å². The maximum absolute atomic E-state index is 5.71. The maximum Gasteiger partial charge on any atom is 0.145 e. The first-order valence-electron chi connectivity index (χ1n) is 8.89. The van der Waals surface area contributed by atoms with Gasteiger partial charge >= 0.3 is 0 Å². The Kier molecular flexibility index (Phi) is 6.39. The van der Waals surface area contributed by atoms with E-state index in [1.54, 1.807) is 0 Å². The van der Waals surface area contributed by atoms with Crippen molar-refractivity contribution in [3.63, 3.8) is 0 Å². The van der Waals surface area contributed by atoms with Crippen molar-refractivity contribution in [3.05, 3.63) is 18.1 Å². The summed E-state index contributed by atoms with van der Waals surface area (Å²) >= 11 is 0. The van der Waals surface area contributed by atoms with Gasteiger partial charge < -0.3 is 15.2 Å². The van der Waals surface area contributed by atoms with Gasteiger partial charge in [-0.1, -0.05) is 20.3 Å². The van der Waals surface area contributed by atoms with Gasteiger partial charge in [0.25, 0.3) is 0 Å². The lowest BCUT2D eigenvalue weighted by Crippen LogP contribution is -2.41. The van der Waals surface area contributed by atoms with Gasteiger partial charge in [-0.25, -0.2) is 9.97 Å². The number of anilines is 1. The fourth-order valence-electron chi connectivity index (χ4n) is 3.06. The third kappa shape index (κ3) is 4.22. The van der Waals surface area contributed by atoms with E-state index in [4.69, 9.17) is 5.73 Å². The highest BCUT2D eigenvalue weighted by atomic mass is 15.2. The number of aryl methyl sites for hydroxylation is 2. The van der Waals surface area contributed by atoms with Gasteiger partial charge in [-0.2, -0.15) is 0 Å². The molecule has 0 radical (unpaired) electrons. The van der Waals surface area contributed by atoms with Crippen LogP contribution < -0.4 is 5.73 Å². The van der Waals surface area contributed by atoms with Crippen molar-refractivity contribution in [1.82, 2.24) is 19.4 Å². The van der Waals surface area contributed by atoms with Gasteiger partial charge in [-0.15, -0.1) is 0 Å². The van der Waals surface area contributed by atoms with Crippen molar-refractivity contribution in [3.8, 4) is 0 Å². The van der Waals surface area contributed by atoms with Crippen molar-refractivity contribution >= 4 is 16.9 Å². The Morgan fingerprint density at radius 2 is 1.87 bits per heavy atom. The predicted octanol–water partition coefficient (Wildman–Crippen LogP) is 3.38. The van der Waals surface area contributed by atoms with E-state index < -0.39 is 0 Å². The zero-order chi connectivity index (χ0) is 16.8. The summed E-state index contributed by atoms with van der Waals surface area (Å²) in [4.78, 5) is 10.7. The number of nitrogens with zero attached hydrogens (tertiary/aromatic N) is 4. The highest BCUT2D eigenvalue weighted by Crippen LogP contribution is 2.28. The molecule has 0 unspecified atom stereocenters.